The molecule has 2 aliphatic carbocycles. The van der Waals surface area contributed by atoms with Crippen molar-refractivity contribution in [3.05, 3.63) is 87.4 Å². The van der Waals surface area contributed by atoms with E-state index >= 15 is 0 Å². The summed E-state index contributed by atoms with van der Waals surface area (Å²) in [5.41, 5.74) is 6.08. The Morgan fingerprint density at radius 3 is 2.55 bits per heavy atom. The molecule has 3 nitrogen and oxygen atoms in total. The second-order valence-corrected chi connectivity index (χ2v) is 10.1. The number of halogens is 1. The molecule has 0 radical (unpaired) electrons. The summed E-state index contributed by atoms with van der Waals surface area (Å²) in [5.74, 6) is 1.60. The monoisotopic (exact) mass is 475 g/mol. The number of carbonyl (C=O) groups is 1. The van der Waals surface area contributed by atoms with Crippen LogP contribution < -0.4 is 4.90 Å². The van der Waals surface area contributed by atoms with E-state index in [0.29, 0.717) is 41.9 Å². The fourth-order valence-electron chi connectivity index (χ4n) is 6.35. The van der Waals surface area contributed by atoms with Gasteiger partial charge in [0.1, 0.15) is 0 Å². The number of ether oxygens (including phenoxy) is 1. The molecule has 2 aliphatic heterocycles. The summed E-state index contributed by atoms with van der Waals surface area (Å²) in [6.45, 7) is 3.34. The van der Waals surface area contributed by atoms with Gasteiger partial charge in [-0.25, -0.2) is 4.79 Å². The third-order valence-electron chi connectivity index (χ3n) is 7.57. The van der Waals surface area contributed by atoms with E-state index in [2.05, 4.69) is 81.5 Å². The summed E-state index contributed by atoms with van der Waals surface area (Å²) in [6, 6.07) is 13.5. The first-order valence-corrected chi connectivity index (χ1v) is 12.2. The number of anilines is 1. The van der Waals surface area contributed by atoms with E-state index in [1.54, 1.807) is 0 Å². The summed E-state index contributed by atoms with van der Waals surface area (Å²) in [4.78, 5) is 15.4. The zero-order valence-corrected chi connectivity index (χ0v) is 19.2. The van der Waals surface area contributed by atoms with Crippen molar-refractivity contribution in [2.75, 3.05) is 18.1 Å². The van der Waals surface area contributed by atoms with Gasteiger partial charge in [-0.3, -0.25) is 0 Å². The van der Waals surface area contributed by atoms with Crippen molar-refractivity contribution >= 4 is 27.6 Å². The molecule has 2 heterocycles. The number of fused-ring (bicyclic) bond motifs is 4. The van der Waals surface area contributed by atoms with Crippen LogP contribution in [0.4, 0.5) is 5.69 Å². The second-order valence-electron chi connectivity index (χ2n) is 9.18. The van der Waals surface area contributed by atoms with Crippen molar-refractivity contribution in [2.45, 2.75) is 37.6 Å². The molecule has 0 spiro atoms. The van der Waals surface area contributed by atoms with E-state index in [4.69, 9.17) is 4.74 Å². The zero-order valence-electron chi connectivity index (χ0n) is 17.6. The maximum atomic E-state index is 12.7. The van der Waals surface area contributed by atoms with Crippen LogP contribution in [-0.4, -0.2) is 19.1 Å². The Morgan fingerprint density at radius 2 is 1.77 bits per heavy atom. The predicted molar refractivity (Wildman–Crippen MR) is 127 cm³/mol. The van der Waals surface area contributed by atoms with Crippen LogP contribution >= 0.6 is 15.9 Å². The molecular formula is C27H26BrNO2. The van der Waals surface area contributed by atoms with Gasteiger partial charge in [0.15, 0.2) is 0 Å². The highest BCUT2D eigenvalue weighted by Crippen LogP contribution is 2.59. The molecule has 2 aromatic carbocycles. The number of nitrogens with zero attached hydrogens (tertiary/aromatic N) is 1. The summed E-state index contributed by atoms with van der Waals surface area (Å²) in [5, 5.41) is 0. The number of hydrogen-bond acceptors (Lipinski definition) is 3. The van der Waals surface area contributed by atoms with Crippen molar-refractivity contribution in [1.29, 1.82) is 0 Å². The van der Waals surface area contributed by atoms with E-state index in [0.717, 1.165) is 23.9 Å². The molecule has 0 fully saturated rings. The van der Waals surface area contributed by atoms with Gasteiger partial charge in [-0.1, -0.05) is 52.4 Å². The number of esters is 1. The molecule has 0 amide bonds. The average Bonchev–Trinajstić information content (AvgIpc) is 3.44. The highest BCUT2D eigenvalue weighted by molar-refractivity contribution is 9.10. The van der Waals surface area contributed by atoms with E-state index in [9.17, 15) is 4.79 Å². The predicted octanol–water partition coefficient (Wildman–Crippen LogP) is 6.52. The summed E-state index contributed by atoms with van der Waals surface area (Å²) < 4.78 is 6.51. The largest absolute Gasteiger partial charge is 0.462 e. The van der Waals surface area contributed by atoms with Crippen LogP contribution in [0.1, 0.15) is 64.7 Å². The molecule has 158 valence electrons. The molecule has 0 saturated carbocycles. The van der Waals surface area contributed by atoms with E-state index in [1.807, 2.05) is 6.92 Å². The lowest BCUT2D eigenvalue weighted by molar-refractivity contribution is 0.0526. The third-order valence-corrected chi connectivity index (χ3v) is 8.10. The van der Waals surface area contributed by atoms with Gasteiger partial charge in [-0.15, -0.1) is 0 Å². The van der Waals surface area contributed by atoms with Crippen molar-refractivity contribution in [3.63, 3.8) is 0 Å². The highest BCUT2D eigenvalue weighted by Gasteiger charge is 2.48. The Kier molecular flexibility index (Phi) is 4.60. The van der Waals surface area contributed by atoms with Gasteiger partial charge in [-0.05, 0) is 72.6 Å². The van der Waals surface area contributed by atoms with Gasteiger partial charge >= 0.3 is 5.97 Å². The van der Waals surface area contributed by atoms with Crippen LogP contribution in [0.2, 0.25) is 0 Å². The SMILES string of the molecule is CCOC(=O)c1cc2c3c(c1)[C@@H]1C=CC[C@@H]1[C@H](c1ccc(Br)cc1)N3C[C@H]1CC=C[C@@H]21. The Morgan fingerprint density at radius 1 is 1.06 bits per heavy atom. The minimum Gasteiger partial charge on any atom is -0.462 e. The average molecular weight is 476 g/mol. The van der Waals surface area contributed by atoms with Crippen molar-refractivity contribution in [3.8, 4) is 0 Å². The Bertz CT molecular complexity index is 1090. The number of rotatable bonds is 3. The molecule has 0 saturated heterocycles. The molecule has 2 aromatic rings. The van der Waals surface area contributed by atoms with Crippen LogP contribution in [0.5, 0.6) is 0 Å². The fourth-order valence-corrected chi connectivity index (χ4v) is 6.61. The van der Waals surface area contributed by atoms with E-state index in [1.165, 1.54) is 22.4 Å². The molecule has 0 aromatic heterocycles. The van der Waals surface area contributed by atoms with E-state index in [-0.39, 0.29) is 5.97 Å². The standard InChI is InChI=1S/C27H26BrNO2/c1-2-31-27(30)18-13-23-20-6-3-5-17(20)15-29-25(16-9-11-19(28)12-10-16)22-8-4-7-21(22)24(14-18)26(23)29/h3-4,6-7,9-14,17,20-22,25H,2,5,8,15H2,1H3/t17-,20-,21-,22+,25+/m1/s1. The molecular weight excluding hydrogens is 450 g/mol. The minimum atomic E-state index is -0.203. The van der Waals surface area contributed by atoms with Gasteiger partial charge < -0.3 is 9.64 Å². The van der Waals surface area contributed by atoms with Crippen LogP contribution in [0.3, 0.4) is 0 Å². The Hall–Kier alpha value is -2.33. The lowest BCUT2D eigenvalue weighted by Crippen LogP contribution is -2.46. The highest BCUT2D eigenvalue weighted by atomic mass is 79.9. The smallest absolute Gasteiger partial charge is 0.338 e. The fraction of sp³-hybridized carbons (Fsp3) is 0.370. The van der Waals surface area contributed by atoms with E-state index < -0.39 is 0 Å². The summed E-state index contributed by atoms with van der Waals surface area (Å²) >= 11 is 3.60. The first-order valence-electron chi connectivity index (χ1n) is 11.4. The van der Waals surface area contributed by atoms with Crippen molar-refractivity contribution in [1.82, 2.24) is 0 Å². The third kappa shape index (κ3) is 2.95. The normalized spacial score (nSPS) is 29.5. The molecule has 0 bridgehead atoms. The molecule has 0 N–H and O–H groups in total. The molecule has 4 heteroatoms. The lowest BCUT2D eigenvalue weighted by atomic mass is 9.70. The van der Waals surface area contributed by atoms with Crippen LogP contribution in [-0.2, 0) is 4.74 Å². The number of allylic oxidation sites excluding steroid dienone is 4. The first-order chi connectivity index (χ1) is 15.2. The van der Waals surface area contributed by atoms with Crippen LogP contribution in [0.25, 0.3) is 0 Å². The maximum Gasteiger partial charge on any atom is 0.338 e. The second kappa shape index (κ2) is 7.37. The van der Waals surface area contributed by atoms with Crippen LogP contribution in [0.15, 0.2) is 65.2 Å². The Balaban J connectivity index is 1.56. The van der Waals surface area contributed by atoms with Gasteiger partial charge in [0.05, 0.1) is 18.2 Å². The van der Waals surface area contributed by atoms with Gasteiger partial charge in [-0.2, -0.15) is 0 Å². The number of benzene rings is 2. The topological polar surface area (TPSA) is 29.5 Å². The molecule has 0 unspecified atom stereocenters. The molecule has 5 atom stereocenters. The number of carbonyl (C=O) groups excluding carboxylic acids is 1. The van der Waals surface area contributed by atoms with Crippen LogP contribution in [0, 0.1) is 11.8 Å². The molecule has 4 aliphatic rings. The zero-order chi connectivity index (χ0) is 21.1. The number of hydrogen-bond donors (Lipinski definition) is 0. The molecule has 6 rings (SSSR count). The van der Waals surface area contributed by atoms with Gasteiger partial charge in [0.2, 0.25) is 0 Å². The lowest BCUT2D eigenvalue weighted by Gasteiger charge is -2.51. The maximum absolute atomic E-state index is 12.7. The Labute approximate surface area is 191 Å². The molecule has 31 heavy (non-hydrogen) atoms. The first kappa shape index (κ1) is 19.4. The summed E-state index contributed by atoms with van der Waals surface area (Å²) in [7, 11) is 0. The van der Waals surface area contributed by atoms with Crippen molar-refractivity contribution in [2.24, 2.45) is 11.8 Å². The van der Waals surface area contributed by atoms with Gasteiger partial charge in [0.25, 0.3) is 0 Å². The minimum absolute atomic E-state index is 0.203. The quantitative estimate of drug-likeness (QED) is 0.373. The van der Waals surface area contributed by atoms with Crippen molar-refractivity contribution < 1.29 is 9.53 Å². The van der Waals surface area contributed by atoms with Gasteiger partial charge in [0, 0.05) is 28.5 Å². The summed E-state index contributed by atoms with van der Waals surface area (Å²) in [6.07, 6.45) is 11.6.